The van der Waals surface area contributed by atoms with Gasteiger partial charge in [0, 0.05) is 42.0 Å². The number of amides is 2. The minimum absolute atomic E-state index is 0.234. The van der Waals surface area contributed by atoms with Crippen molar-refractivity contribution in [3.8, 4) is 0 Å². The average molecular weight is 400 g/mol. The SMILES string of the molecule is NC(=O)c1ccncc1.NC(=O)c1ccncc1.O=C(O)c1cc(C(=O)O)[nH]n1. The van der Waals surface area contributed by atoms with Crippen molar-refractivity contribution < 1.29 is 29.4 Å². The van der Waals surface area contributed by atoms with Crippen molar-refractivity contribution in [2.75, 3.05) is 0 Å². The van der Waals surface area contributed by atoms with E-state index in [1.54, 1.807) is 24.3 Å². The lowest BCUT2D eigenvalue weighted by Gasteiger charge is -1.88. The molecule has 3 rings (SSSR count). The third-order valence-corrected chi connectivity index (χ3v) is 2.96. The fourth-order valence-electron chi connectivity index (χ4n) is 1.57. The van der Waals surface area contributed by atoms with Crippen LogP contribution < -0.4 is 11.5 Å². The van der Waals surface area contributed by atoms with Crippen LogP contribution in [0.25, 0.3) is 0 Å². The molecule has 0 radical (unpaired) electrons. The summed E-state index contributed by atoms with van der Waals surface area (Å²) in [5.41, 5.74) is 10.3. The number of pyridine rings is 2. The molecule has 0 bridgehead atoms. The van der Waals surface area contributed by atoms with Crippen LogP contribution in [0.4, 0.5) is 0 Å². The van der Waals surface area contributed by atoms with Crippen LogP contribution in [0, 0.1) is 0 Å². The highest BCUT2D eigenvalue weighted by Gasteiger charge is 2.11. The van der Waals surface area contributed by atoms with Gasteiger partial charge in [-0.2, -0.15) is 5.10 Å². The fraction of sp³-hybridized carbons (Fsp3) is 0. The summed E-state index contributed by atoms with van der Waals surface area (Å²) in [6.45, 7) is 0. The molecule has 3 aromatic rings. The number of primary amides is 2. The maximum atomic E-state index is 10.4. The van der Waals surface area contributed by atoms with Crippen molar-refractivity contribution in [3.05, 3.63) is 77.6 Å². The third kappa shape index (κ3) is 8.08. The van der Waals surface area contributed by atoms with Crippen LogP contribution in [-0.4, -0.2) is 54.1 Å². The summed E-state index contributed by atoms with van der Waals surface area (Å²) < 4.78 is 0. The van der Waals surface area contributed by atoms with Gasteiger partial charge in [-0.25, -0.2) is 9.59 Å². The fourth-order valence-corrected chi connectivity index (χ4v) is 1.57. The van der Waals surface area contributed by atoms with Crippen LogP contribution in [0.15, 0.2) is 55.1 Å². The number of nitrogens with two attached hydrogens (primary N) is 2. The van der Waals surface area contributed by atoms with Gasteiger partial charge in [0.25, 0.3) is 0 Å². The number of carbonyl (C=O) groups is 4. The molecule has 7 N–H and O–H groups in total. The quantitative estimate of drug-likeness (QED) is 0.402. The molecule has 0 atom stereocenters. The van der Waals surface area contributed by atoms with Crippen molar-refractivity contribution >= 4 is 23.8 Å². The number of hydrogen-bond donors (Lipinski definition) is 5. The van der Waals surface area contributed by atoms with Gasteiger partial charge in [0.15, 0.2) is 5.69 Å². The Morgan fingerprint density at radius 2 is 1.17 bits per heavy atom. The number of carboxylic acid groups (broad SMARTS) is 2. The molecule has 0 aliphatic rings. The molecule has 0 aliphatic heterocycles. The normalized spacial score (nSPS) is 9.10. The summed E-state index contributed by atoms with van der Waals surface area (Å²) >= 11 is 0. The maximum Gasteiger partial charge on any atom is 0.356 e. The van der Waals surface area contributed by atoms with E-state index in [-0.39, 0.29) is 11.4 Å². The van der Waals surface area contributed by atoms with E-state index in [1.807, 2.05) is 0 Å². The number of aromatic amines is 1. The zero-order valence-corrected chi connectivity index (χ0v) is 14.7. The summed E-state index contributed by atoms with van der Waals surface area (Å²) in [4.78, 5) is 48.6. The molecule has 0 saturated carbocycles. The Hall–Kier alpha value is -4.61. The molecule has 150 valence electrons. The molecular formula is C17H16N6O6. The summed E-state index contributed by atoms with van der Waals surface area (Å²) in [6, 6.07) is 7.24. The number of rotatable bonds is 4. The molecule has 3 heterocycles. The Bertz CT molecular complexity index is 896. The van der Waals surface area contributed by atoms with Crippen molar-refractivity contribution in [1.29, 1.82) is 0 Å². The first-order valence-electron chi connectivity index (χ1n) is 7.64. The van der Waals surface area contributed by atoms with E-state index in [0.717, 1.165) is 6.07 Å². The van der Waals surface area contributed by atoms with Crippen LogP contribution in [0.5, 0.6) is 0 Å². The van der Waals surface area contributed by atoms with Crippen LogP contribution >= 0.6 is 0 Å². The summed E-state index contributed by atoms with van der Waals surface area (Å²) in [6.07, 6.45) is 6.11. The molecule has 3 aromatic heterocycles. The molecule has 0 fully saturated rings. The molecule has 29 heavy (non-hydrogen) atoms. The lowest BCUT2D eigenvalue weighted by molar-refractivity contribution is 0.0683. The van der Waals surface area contributed by atoms with Gasteiger partial charge in [-0.1, -0.05) is 0 Å². The summed E-state index contributed by atoms with van der Waals surface area (Å²) in [7, 11) is 0. The molecule has 0 unspecified atom stereocenters. The second kappa shape index (κ2) is 11.2. The summed E-state index contributed by atoms with van der Waals surface area (Å²) in [5, 5.41) is 21.9. The average Bonchev–Trinajstić information content (AvgIpc) is 3.21. The zero-order chi connectivity index (χ0) is 21.8. The lowest BCUT2D eigenvalue weighted by Crippen LogP contribution is -2.10. The number of carbonyl (C=O) groups excluding carboxylic acids is 2. The third-order valence-electron chi connectivity index (χ3n) is 2.96. The molecule has 0 spiro atoms. The topological polar surface area (TPSA) is 215 Å². The first-order valence-corrected chi connectivity index (χ1v) is 7.64. The molecule has 12 heteroatoms. The largest absolute Gasteiger partial charge is 0.477 e. The van der Waals surface area contributed by atoms with Crippen LogP contribution in [0.2, 0.25) is 0 Å². The Labute approximate surface area is 163 Å². The van der Waals surface area contributed by atoms with E-state index in [4.69, 9.17) is 21.7 Å². The Morgan fingerprint density at radius 3 is 1.38 bits per heavy atom. The van der Waals surface area contributed by atoms with E-state index in [9.17, 15) is 19.2 Å². The van der Waals surface area contributed by atoms with Gasteiger partial charge in [0.2, 0.25) is 11.8 Å². The van der Waals surface area contributed by atoms with Gasteiger partial charge in [-0.3, -0.25) is 24.7 Å². The maximum absolute atomic E-state index is 10.4. The highest BCUT2D eigenvalue weighted by molar-refractivity contribution is 5.93. The predicted molar refractivity (Wildman–Crippen MR) is 98.0 cm³/mol. The van der Waals surface area contributed by atoms with E-state index in [2.05, 4.69) is 20.2 Å². The van der Waals surface area contributed by atoms with Crippen molar-refractivity contribution in [2.24, 2.45) is 11.5 Å². The number of nitrogens with one attached hydrogen (secondary N) is 1. The number of hydrogen-bond acceptors (Lipinski definition) is 7. The zero-order valence-electron chi connectivity index (χ0n) is 14.7. The van der Waals surface area contributed by atoms with Crippen LogP contribution in [0.1, 0.15) is 41.7 Å². The first kappa shape index (κ1) is 22.4. The van der Waals surface area contributed by atoms with E-state index >= 15 is 0 Å². The number of carboxylic acids is 2. The Morgan fingerprint density at radius 1 is 0.759 bits per heavy atom. The van der Waals surface area contributed by atoms with Crippen LogP contribution in [0.3, 0.4) is 0 Å². The van der Waals surface area contributed by atoms with E-state index in [1.165, 1.54) is 24.8 Å². The van der Waals surface area contributed by atoms with Crippen molar-refractivity contribution in [3.63, 3.8) is 0 Å². The number of aromatic nitrogens is 4. The predicted octanol–water partition coefficient (Wildman–Crippen LogP) is 0.167. The first-order chi connectivity index (χ1) is 13.7. The van der Waals surface area contributed by atoms with Crippen molar-refractivity contribution in [1.82, 2.24) is 20.2 Å². The smallest absolute Gasteiger partial charge is 0.356 e. The monoisotopic (exact) mass is 400 g/mol. The number of nitrogens with zero attached hydrogens (tertiary/aromatic N) is 3. The molecule has 0 aliphatic carbocycles. The standard InChI is InChI=1S/2C6H6N2O.C5H4N2O4/c2*7-6(9)5-1-3-8-4-2-5;8-4(9)2-1-3(5(10)11)7-6-2/h2*1-4H,(H2,7,9);1H,(H,6,7)(H,8,9)(H,10,11). The number of aromatic carboxylic acids is 2. The van der Waals surface area contributed by atoms with Gasteiger partial charge in [-0.15, -0.1) is 0 Å². The van der Waals surface area contributed by atoms with Gasteiger partial charge in [0.1, 0.15) is 5.69 Å². The van der Waals surface area contributed by atoms with Gasteiger partial charge < -0.3 is 21.7 Å². The van der Waals surface area contributed by atoms with E-state index in [0.29, 0.717) is 11.1 Å². The van der Waals surface area contributed by atoms with Gasteiger partial charge in [0.05, 0.1) is 0 Å². The molecule has 2 amide bonds. The number of H-pyrrole nitrogens is 1. The Balaban J connectivity index is 0.000000219. The van der Waals surface area contributed by atoms with Crippen LogP contribution in [-0.2, 0) is 0 Å². The lowest BCUT2D eigenvalue weighted by atomic mass is 10.3. The van der Waals surface area contributed by atoms with Crippen molar-refractivity contribution in [2.45, 2.75) is 0 Å². The molecule has 0 aromatic carbocycles. The second-order valence-electron chi connectivity index (χ2n) is 4.98. The summed E-state index contributed by atoms with van der Waals surface area (Å²) in [5.74, 6) is -3.33. The second-order valence-corrected chi connectivity index (χ2v) is 4.98. The van der Waals surface area contributed by atoms with Gasteiger partial charge in [-0.05, 0) is 24.3 Å². The van der Waals surface area contributed by atoms with E-state index < -0.39 is 23.8 Å². The minimum atomic E-state index is -1.26. The highest BCUT2D eigenvalue weighted by Crippen LogP contribution is 1.98. The molecule has 12 nitrogen and oxygen atoms in total. The Kier molecular flexibility index (Phi) is 8.65. The molecular weight excluding hydrogens is 384 g/mol. The minimum Gasteiger partial charge on any atom is -0.477 e. The highest BCUT2D eigenvalue weighted by atomic mass is 16.4. The molecule has 0 saturated heterocycles. The van der Waals surface area contributed by atoms with Gasteiger partial charge >= 0.3 is 11.9 Å².